The van der Waals surface area contributed by atoms with Gasteiger partial charge in [0.15, 0.2) is 0 Å². The first-order chi connectivity index (χ1) is 10.5. The SMILES string of the molecule is C=CC(=O)Nc1ccc(OC(=O)CCCOC(=O)C=C)cc1. The predicted molar refractivity (Wildman–Crippen MR) is 81.3 cm³/mol. The maximum absolute atomic E-state index is 11.6. The van der Waals surface area contributed by atoms with Crippen LogP contribution in [0.2, 0.25) is 0 Å². The van der Waals surface area contributed by atoms with Gasteiger partial charge in [0.25, 0.3) is 0 Å². The number of carbonyl (C=O) groups excluding carboxylic acids is 3. The summed E-state index contributed by atoms with van der Waals surface area (Å²) in [6.07, 6.45) is 2.71. The standard InChI is InChI=1S/C16H17NO5/c1-3-14(18)17-12-7-9-13(10-8-12)22-16(20)6-5-11-21-15(19)4-2/h3-4,7-10H,1-2,5-6,11H2,(H,17,18). The fraction of sp³-hybridized carbons (Fsp3) is 0.188. The largest absolute Gasteiger partial charge is 0.463 e. The molecule has 0 aromatic heterocycles. The molecular weight excluding hydrogens is 286 g/mol. The molecule has 1 aromatic carbocycles. The van der Waals surface area contributed by atoms with Crippen LogP contribution in [0.25, 0.3) is 0 Å². The summed E-state index contributed by atoms with van der Waals surface area (Å²) in [7, 11) is 0. The zero-order valence-corrected chi connectivity index (χ0v) is 12.0. The lowest BCUT2D eigenvalue weighted by atomic mass is 10.3. The second kappa shape index (κ2) is 9.12. The molecule has 0 aliphatic heterocycles. The van der Waals surface area contributed by atoms with Gasteiger partial charge >= 0.3 is 11.9 Å². The van der Waals surface area contributed by atoms with Gasteiger partial charge in [0.05, 0.1) is 6.61 Å². The van der Waals surface area contributed by atoms with Crippen molar-refractivity contribution in [1.82, 2.24) is 0 Å². The Labute approximate surface area is 128 Å². The van der Waals surface area contributed by atoms with Crippen molar-refractivity contribution in [2.45, 2.75) is 12.8 Å². The van der Waals surface area contributed by atoms with Crippen LogP contribution in [0.15, 0.2) is 49.6 Å². The molecule has 0 aliphatic carbocycles. The van der Waals surface area contributed by atoms with Crippen molar-refractivity contribution in [3.63, 3.8) is 0 Å². The van der Waals surface area contributed by atoms with Crippen LogP contribution >= 0.6 is 0 Å². The lowest BCUT2D eigenvalue weighted by molar-refractivity contribution is -0.140. The second-order valence-electron chi connectivity index (χ2n) is 4.17. The summed E-state index contributed by atoms with van der Waals surface area (Å²) in [5.74, 6) is -0.911. The third-order valence-electron chi connectivity index (χ3n) is 2.48. The Balaban J connectivity index is 2.35. The second-order valence-corrected chi connectivity index (χ2v) is 4.17. The summed E-state index contributed by atoms with van der Waals surface area (Å²) in [6.45, 7) is 6.74. The Hall–Kier alpha value is -2.89. The number of amides is 1. The molecule has 1 amide bonds. The van der Waals surface area contributed by atoms with E-state index in [4.69, 9.17) is 9.47 Å². The quantitative estimate of drug-likeness (QED) is 0.345. The number of hydrogen-bond donors (Lipinski definition) is 1. The summed E-state index contributed by atoms with van der Waals surface area (Å²) < 4.78 is 9.84. The zero-order valence-electron chi connectivity index (χ0n) is 12.0. The van der Waals surface area contributed by atoms with E-state index >= 15 is 0 Å². The fourth-order valence-corrected chi connectivity index (χ4v) is 1.43. The minimum atomic E-state index is -0.523. The van der Waals surface area contributed by atoms with Crippen molar-refractivity contribution in [3.05, 3.63) is 49.6 Å². The van der Waals surface area contributed by atoms with Crippen molar-refractivity contribution in [3.8, 4) is 5.75 Å². The number of hydrogen-bond acceptors (Lipinski definition) is 5. The van der Waals surface area contributed by atoms with Crippen molar-refractivity contribution in [1.29, 1.82) is 0 Å². The van der Waals surface area contributed by atoms with E-state index in [0.29, 0.717) is 17.9 Å². The molecule has 0 radical (unpaired) electrons. The number of benzene rings is 1. The van der Waals surface area contributed by atoms with Crippen LogP contribution in [0.3, 0.4) is 0 Å². The van der Waals surface area contributed by atoms with Crippen molar-refractivity contribution in [2.75, 3.05) is 11.9 Å². The number of esters is 2. The topological polar surface area (TPSA) is 81.7 Å². The van der Waals surface area contributed by atoms with E-state index in [9.17, 15) is 14.4 Å². The maximum Gasteiger partial charge on any atom is 0.330 e. The van der Waals surface area contributed by atoms with Gasteiger partial charge in [-0.2, -0.15) is 0 Å². The Kier molecular flexibility index (Phi) is 7.12. The van der Waals surface area contributed by atoms with Gasteiger partial charge in [-0.15, -0.1) is 0 Å². The first-order valence-corrected chi connectivity index (χ1v) is 6.58. The van der Waals surface area contributed by atoms with Gasteiger partial charge in [-0.05, 0) is 36.8 Å². The van der Waals surface area contributed by atoms with Crippen LogP contribution < -0.4 is 10.1 Å². The normalized spacial score (nSPS) is 9.45. The van der Waals surface area contributed by atoms with Crippen LogP contribution in [-0.4, -0.2) is 24.5 Å². The number of rotatable bonds is 8. The van der Waals surface area contributed by atoms with Crippen molar-refractivity contribution < 1.29 is 23.9 Å². The fourth-order valence-electron chi connectivity index (χ4n) is 1.43. The van der Waals surface area contributed by atoms with Gasteiger partial charge in [-0.1, -0.05) is 13.2 Å². The van der Waals surface area contributed by atoms with Gasteiger partial charge in [0, 0.05) is 18.2 Å². The number of nitrogens with one attached hydrogen (secondary N) is 1. The number of carbonyl (C=O) groups is 3. The van der Waals surface area contributed by atoms with E-state index in [1.165, 1.54) is 0 Å². The highest BCUT2D eigenvalue weighted by Gasteiger charge is 2.06. The Bertz CT molecular complexity index is 562. The molecule has 22 heavy (non-hydrogen) atoms. The molecule has 0 spiro atoms. The van der Waals surface area contributed by atoms with Crippen LogP contribution in [0.5, 0.6) is 5.75 Å². The third-order valence-corrected chi connectivity index (χ3v) is 2.48. The Morgan fingerprint density at radius 3 is 2.36 bits per heavy atom. The maximum atomic E-state index is 11.6. The van der Waals surface area contributed by atoms with Crippen molar-refractivity contribution in [2.24, 2.45) is 0 Å². The highest BCUT2D eigenvalue weighted by atomic mass is 16.5. The molecule has 116 valence electrons. The zero-order chi connectivity index (χ0) is 16.4. The molecule has 0 saturated heterocycles. The molecule has 0 saturated carbocycles. The summed E-state index contributed by atoms with van der Waals surface area (Å²) in [4.78, 5) is 33.5. The number of anilines is 1. The molecular formula is C16H17NO5. The minimum absolute atomic E-state index is 0.124. The Morgan fingerprint density at radius 2 is 1.77 bits per heavy atom. The molecule has 0 unspecified atom stereocenters. The molecule has 0 aliphatic rings. The molecule has 0 heterocycles. The van der Waals surface area contributed by atoms with Crippen molar-refractivity contribution >= 4 is 23.5 Å². The highest BCUT2D eigenvalue weighted by molar-refractivity contribution is 5.98. The lowest BCUT2D eigenvalue weighted by Gasteiger charge is -2.06. The monoisotopic (exact) mass is 303 g/mol. The molecule has 6 heteroatoms. The smallest absolute Gasteiger partial charge is 0.330 e. The van der Waals surface area contributed by atoms with E-state index < -0.39 is 11.9 Å². The van der Waals surface area contributed by atoms with E-state index in [0.717, 1.165) is 12.2 Å². The van der Waals surface area contributed by atoms with Crippen LogP contribution in [0.1, 0.15) is 12.8 Å². The first kappa shape index (κ1) is 17.2. The molecule has 0 fully saturated rings. The predicted octanol–water partition coefficient (Wildman–Crippen LogP) is 2.23. The number of ether oxygens (including phenoxy) is 2. The molecule has 0 atom stereocenters. The summed E-state index contributed by atoms with van der Waals surface area (Å²) >= 11 is 0. The lowest BCUT2D eigenvalue weighted by Crippen LogP contribution is -2.10. The highest BCUT2D eigenvalue weighted by Crippen LogP contribution is 2.16. The Morgan fingerprint density at radius 1 is 1.09 bits per heavy atom. The van der Waals surface area contributed by atoms with Gasteiger partial charge in [0.2, 0.25) is 5.91 Å². The summed E-state index contributed by atoms with van der Waals surface area (Å²) in [5.41, 5.74) is 0.570. The first-order valence-electron chi connectivity index (χ1n) is 6.58. The van der Waals surface area contributed by atoms with Gasteiger partial charge in [-0.3, -0.25) is 9.59 Å². The molecule has 1 aromatic rings. The minimum Gasteiger partial charge on any atom is -0.463 e. The van der Waals surface area contributed by atoms with Gasteiger partial charge < -0.3 is 14.8 Å². The summed E-state index contributed by atoms with van der Waals surface area (Å²) in [6, 6.07) is 6.34. The van der Waals surface area contributed by atoms with Crippen LogP contribution in [0, 0.1) is 0 Å². The van der Waals surface area contributed by atoms with Crippen LogP contribution in [-0.2, 0) is 19.1 Å². The average molecular weight is 303 g/mol. The summed E-state index contributed by atoms with van der Waals surface area (Å²) in [5, 5.41) is 2.58. The van der Waals surface area contributed by atoms with Gasteiger partial charge in [0.1, 0.15) is 5.75 Å². The van der Waals surface area contributed by atoms with E-state index in [2.05, 4.69) is 18.5 Å². The van der Waals surface area contributed by atoms with Gasteiger partial charge in [-0.25, -0.2) is 4.79 Å². The van der Waals surface area contributed by atoms with E-state index in [1.54, 1.807) is 24.3 Å². The molecule has 1 rings (SSSR count). The third kappa shape index (κ3) is 6.51. The molecule has 1 N–H and O–H groups in total. The molecule has 0 bridgehead atoms. The van der Waals surface area contributed by atoms with E-state index in [-0.39, 0.29) is 18.9 Å². The average Bonchev–Trinajstić information content (AvgIpc) is 2.53. The molecule has 6 nitrogen and oxygen atoms in total. The van der Waals surface area contributed by atoms with Crippen LogP contribution in [0.4, 0.5) is 5.69 Å². The van der Waals surface area contributed by atoms with E-state index in [1.807, 2.05) is 0 Å².